The van der Waals surface area contributed by atoms with Crippen LogP contribution in [0.15, 0.2) is 0 Å². The molecule has 0 aromatic heterocycles. The molecule has 0 radical (unpaired) electrons. The van der Waals surface area contributed by atoms with Crippen molar-refractivity contribution in [2.75, 3.05) is 13.1 Å². The van der Waals surface area contributed by atoms with Crippen LogP contribution in [-0.4, -0.2) is 30.1 Å². The van der Waals surface area contributed by atoms with Gasteiger partial charge in [0.25, 0.3) is 5.92 Å². The standard InChI is InChI=1S/C8H13F2NO2/c9-8(10)3-6(4-11-5-8)1-2-7(12)13/h6,11H,1-5H2,(H,12,13)/t6-/m0/s1. The highest BCUT2D eigenvalue weighted by Crippen LogP contribution is 2.28. The van der Waals surface area contributed by atoms with Crippen LogP contribution in [-0.2, 0) is 4.79 Å². The van der Waals surface area contributed by atoms with E-state index in [9.17, 15) is 13.6 Å². The Hall–Kier alpha value is -0.710. The molecule has 0 unspecified atom stereocenters. The minimum atomic E-state index is -2.67. The van der Waals surface area contributed by atoms with Gasteiger partial charge in [-0.05, 0) is 18.9 Å². The minimum absolute atomic E-state index is 0.0254. The molecule has 1 saturated heterocycles. The molecule has 0 aromatic rings. The first kappa shape index (κ1) is 10.4. The van der Waals surface area contributed by atoms with Gasteiger partial charge in [0.1, 0.15) is 0 Å². The minimum Gasteiger partial charge on any atom is -0.481 e. The van der Waals surface area contributed by atoms with Crippen LogP contribution in [0, 0.1) is 5.92 Å². The van der Waals surface area contributed by atoms with E-state index in [-0.39, 0.29) is 25.3 Å². The van der Waals surface area contributed by atoms with Crippen LogP contribution in [0.3, 0.4) is 0 Å². The monoisotopic (exact) mass is 193 g/mol. The Balaban J connectivity index is 2.30. The van der Waals surface area contributed by atoms with Crippen molar-refractivity contribution >= 4 is 5.97 Å². The summed E-state index contributed by atoms with van der Waals surface area (Å²) < 4.78 is 25.5. The highest BCUT2D eigenvalue weighted by Gasteiger charge is 2.35. The summed E-state index contributed by atoms with van der Waals surface area (Å²) in [7, 11) is 0. The smallest absolute Gasteiger partial charge is 0.303 e. The maximum absolute atomic E-state index is 12.8. The Kier molecular flexibility index (Phi) is 3.19. The highest BCUT2D eigenvalue weighted by atomic mass is 19.3. The summed E-state index contributed by atoms with van der Waals surface area (Å²) in [6.07, 6.45) is 0.119. The van der Waals surface area contributed by atoms with Crippen molar-refractivity contribution in [2.24, 2.45) is 5.92 Å². The molecule has 0 amide bonds. The fourth-order valence-electron chi connectivity index (χ4n) is 1.56. The van der Waals surface area contributed by atoms with E-state index in [2.05, 4.69) is 5.32 Å². The Morgan fingerprint density at radius 3 is 2.85 bits per heavy atom. The maximum Gasteiger partial charge on any atom is 0.303 e. The largest absolute Gasteiger partial charge is 0.481 e. The zero-order valence-electron chi connectivity index (χ0n) is 7.22. The normalized spacial score (nSPS) is 27.1. The number of rotatable bonds is 3. The summed E-state index contributed by atoms with van der Waals surface area (Å²) in [6, 6.07) is 0. The molecule has 0 spiro atoms. The summed E-state index contributed by atoms with van der Waals surface area (Å²) >= 11 is 0. The number of piperidine rings is 1. The van der Waals surface area contributed by atoms with Crippen molar-refractivity contribution in [3.8, 4) is 0 Å². The molecule has 2 N–H and O–H groups in total. The molecule has 3 nitrogen and oxygen atoms in total. The molecule has 1 atom stereocenters. The van der Waals surface area contributed by atoms with Gasteiger partial charge in [-0.1, -0.05) is 0 Å². The van der Waals surface area contributed by atoms with Crippen molar-refractivity contribution in [1.82, 2.24) is 5.32 Å². The Morgan fingerprint density at radius 2 is 2.31 bits per heavy atom. The Morgan fingerprint density at radius 1 is 1.62 bits per heavy atom. The van der Waals surface area contributed by atoms with E-state index in [1.165, 1.54) is 0 Å². The number of carboxylic acid groups (broad SMARTS) is 1. The maximum atomic E-state index is 12.8. The molecule has 0 aliphatic carbocycles. The van der Waals surface area contributed by atoms with Crippen LogP contribution >= 0.6 is 0 Å². The third-order valence-corrected chi connectivity index (χ3v) is 2.17. The van der Waals surface area contributed by atoms with Gasteiger partial charge in [0.2, 0.25) is 0 Å². The summed E-state index contributed by atoms with van der Waals surface area (Å²) in [5.74, 6) is -3.80. The molecule has 13 heavy (non-hydrogen) atoms. The number of carbonyl (C=O) groups is 1. The highest BCUT2D eigenvalue weighted by molar-refractivity contribution is 5.66. The van der Waals surface area contributed by atoms with Crippen molar-refractivity contribution in [1.29, 1.82) is 0 Å². The molecule has 5 heteroatoms. The van der Waals surface area contributed by atoms with Gasteiger partial charge in [-0.2, -0.15) is 0 Å². The van der Waals surface area contributed by atoms with Crippen LogP contribution in [0.25, 0.3) is 0 Å². The second-order valence-corrected chi connectivity index (χ2v) is 3.49. The van der Waals surface area contributed by atoms with Gasteiger partial charge in [-0.25, -0.2) is 8.78 Å². The predicted molar refractivity (Wildman–Crippen MR) is 42.8 cm³/mol. The number of alkyl halides is 2. The number of carboxylic acids is 1. The van der Waals surface area contributed by atoms with Crippen molar-refractivity contribution in [2.45, 2.75) is 25.2 Å². The Bertz CT molecular complexity index is 197. The summed E-state index contributed by atoms with van der Waals surface area (Å²) in [5, 5.41) is 11.0. The van der Waals surface area contributed by atoms with Crippen LogP contribution in [0.4, 0.5) is 8.78 Å². The quantitative estimate of drug-likeness (QED) is 0.705. The number of halogens is 2. The van der Waals surface area contributed by atoms with E-state index in [4.69, 9.17) is 5.11 Å². The lowest BCUT2D eigenvalue weighted by atomic mass is 9.92. The molecule has 0 bridgehead atoms. The van der Waals surface area contributed by atoms with Gasteiger partial charge in [-0.15, -0.1) is 0 Å². The first-order chi connectivity index (χ1) is 5.99. The lowest BCUT2D eigenvalue weighted by Gasteiger charge is -2.29. The number of hydrogen-bond donors (Lipinski definition) is 2. The lowest BCUT2D eigenvalue weighted by molar-refractivity contribution is -0.137. The molecule has 1 fully saturated rings. The van der Waals surface area contributed by atoms with E-state index in [0.717, 1.165) is 0 Å². The van der Waals surface area contributed by atoms with Crippen molar-refractivity contribution in [3.05, 3.63) is 0 Å². The van der Waals surface area contributed by atoms with E-state index >= 15 is 0 Å². The number of hydrogen-bond acceptors (Lipinski definition) is 2. The molecule has 1 aliphatic rings. The summed E-state index contributed by atoms with van der Waals surface area (Å²) in [5.41, 5.74) is 0. The fraction of sp³-hybridized carbons (Fsp3) is 0.875. The lowest BCUT2D eigenvalue weighted by Crippen LogP contribution is -2.43. The average Bonchev–Trinajstić information content (AvgIpc) is 1.99. The zero-order valence-corrected chi connectivity index (χ0v) is 7.22. The van der Waals surface area contributed by atoms with Crippen LogP contribution in [0.2, 0.25) is 0 Å². The van der Waals surface area contributed by atoms with Crippen molar-refractivity contribution < 1.29 is 18.7 Å². The number of nitrogens with one attached hydrogen (secondary N) is 1. The van der Waals surface area contributed by atoms with Gasteiger partial charge >= 0.3 is 5.97 Å². The van der Waals surface area contributed by atoms with Crippen LogP contribution < -0.4 is 5.32 Å². The predicted octanol–water partition coefficient (Wildman–Crippen LogP) is 1.10. The van der Waals surface area contributed by atoms with Gasteiger partial charge in [0.05, 0.1) is 6.54 Å². The third-order valence-electron chi connectivity index (χ3n) is 2.17. The van der Waals surface area contributed by atoms with Gasteiger partial charge < -0.3 is 10.4 Å². The van der Waals surface area contributed by atoms with E-state index in [1.54, 1.807) is 0 Å². The third kappa shape index (κ3) is 3.67. The molecular formula is C8H13F2NO2. The topological polar surface area (TPSA) is 49.3 Å². The van der Waals surface area contributed by atoms with Crippen LogP contribution in [0.1, 0.15) is 19.3 Å². The fourth-order valence-corrected chi connectivity index (χ4v) is 1.56. The van der Waals surface area contributed by atoms with E-state index < -0.39 is 11.9 Å². The second kappa shape index (κ2) is 4.00. The number of aliphatic carboxylic acids is 1. The molecule has 0 aromatic carbocycles. The summed E-state index contributed by atoms with van der Waals surface area (Å²) in [4.78, 5) is 10.2. The van der Waals surface area contributed by atoms with Gasteiger partial charge in [-0.3, -0.25) is 4.79 Å². The Labute approximate surface area is 75.1 Å². The van der Waals surface area contributed by atoms with Gasteiger partial charge in [0.15, 0.2) is 0 Å². The van der Waals surface area contributed by atoms with Crippen LogP contribution in [0.5, 0.6) is 0 Å². The summed E-state index contributed by atoms with van der Waals surface area (Å²) in [6.45, 7) is 0.222. The van der Waals surface area contributed by atoms with Crippen molar-refractivity contribution in [3.63, 3.8) is 0 Å². The second-order valence-electron chi connectivity index (χ2n) is 3.49. The molecule has 0 saturated carbocycles. The molecule has 1 aliphatic heterocycles. The van der Waals surface area contributed by atoms with E-state index in [1.807, 2.05) is 0 Å². The first-order valence-electron chi connectivity index (χ1n) is 4.30. The average molecular weight is 193 g/mol. The SMILES string of the molecule is O=C(O)CC[C@@H]1CNCC(F)(F)C1. The molecule has 1 rings (SSSR count). The van der Waals surface area contributed by atoms with E-state index in [0.29, 0.717) is 13.0 Å². The molecule has 1 heterocycles. The zero-order chi connectivity index (χ0) is 9.90. The molecular weight excluding hydrogens is 180 g/mol. The van der Waals surface area contributed by atoms with Gasteiger partial charge in [0, 0.05) is 12.8 Å². The first-order valence-corrected chi connectivity index (χ1v) is 4.30. The molecule has 76 valence electrons.